The second kappa shape index (κ2) is 9.51. The van der Waals surface area contributed by atoms with Crippen LogP contribution in [0.2, 0.25) is 8.67 Å². The van der Waals surface area contributed by atoms with E-state index in [4.69, 9.17) is 32.9 Å². The Hall–Kier alpha value is -1.22. The van der Waals surface area contributed by atoms with Crippen LogP contribution in [-0.2, 0) is 4.74 Å². The number of thiazole rings is 1. The molecule has 0 saturated carbocycles. The Kier molecular flexibility index (Phi) is 6.97. The minimum atomic E-state index is -0.154. The van der Waals surface area contributed by atoms with E-state index in [0.29, 0.717) is 25.9 Å². The molecule has 1 aromatic carbocycles. The minimum absolute atomic E-state index is 0.154. The lowest BCUT2D eigenvalue weighted by Crippen LogP contribution is -2.39. The number of aryl methyl sites for hydroxylation is 2. The third-order valence-corrected chi connectivity index (χ3v) is 7.65. The van der Waals surface area contributed by atoms with Crippen molar-refractivity contribution in [3.63, 3.8) is 0 Å². The zero-order valence-corrected chi connectivity index (χ0v) is 20.1. The fourth-order valence-electron chi connectivity index (χ4n) is 3.67. The highest BCUT2D eigenvalue weighted by Crippen LogP contribution is 2.36. The van der Waals surface area contributed by atoms with E-state index in [1.807, 2.05) is 0 Å². The standard InChI is InChI=1S/C21H23Cl2N3O2S2/c1-13-10-14(2)18-16(11-13)29-21(24-18)26(5-3-4-25-6-8-28-9-7-25)20(27)15-12-17(22)30-19(15)23/h10-12H,3-9H2,1-2H3. The number of carbonyl (C=O) groups excluding carboxylic acids is 1. The van der Waals surface area contributed by atoms with Crippen LogP contribution < -0.4 is 4.90 Å². The van der Waals surface area contributed by atoms with Crippen LogP contribution >= 0.6 is 45.9 Å². The Morgan fingerprint density at radius 2 is 1.97 bits per heavy atom. The predicted molar refractivity (Wildman–Crippen MR) is 127 cm³/mol. The minimum Gasteiger partial charge on any atom is -0.379 e. The normalized spacial score (nSPS) is 15.1. The highest BCUT2D eigenvalue weighted by Gasteiger charge is 2.25. The van der Waals surface area contributed by atoms with E-state index in [-0.39, 0.29) is 5.91 Å². The number of nitrogens with zero attached hydrogens (tertiary/aromatic N) is 3. The van der Waals surface area contributed by atoms with Gasteiger partial charge in [0, 0.05) is 26.2 Å². The van der Waals surface area contributed by atoms with E-state index >= 15 is 0 Å². The van der Waals surface area contributed by atoms with E-state index in [9.17, 15) is 4.79 Å². The maximum absolute atomic E-state index is 13.4. The first-order chi connectivity index (χ1) is 14.4. The van der Waals surface area contributed by atoms with Crippen LogP contribution in [0.15, 0.2) is 18.2 Å². The molecule has 1 saturated heterocycles. The summed E-state index contributed by atoms with van der Waals surface area (Å²) in [5.41, 5.74) is 3.68. The lowest BCUT2D eigenvalue weighted by molar-refractivity contribution is 0.0376. The van der Waals surface area contributed by atoms with Crippen LogP contribution in [0, 0.1) is 13.8 Å². The number of ether oxygens (including phenoxy) is 1. The Labute approximate surface area is 194 Å². The second-order valence-corrected chi connectivity index (χ2v) is 10.7. The van der Waals surface area contributed by atoms with Crippen molar-refractivity contribution in [1.29, 1.82) is 0 Å². The number of anilines is 1. The Balaban J connectivity index is 1.61. The van der Waals surface area contributed by atoms with Gasteiger partial charge in [-0.25, -0.2) is 4.98 Å². The summed E-state index contributed by atoms with van der Waals surface area (Å²) in [5.74, 6) is -0.154. The van der Waals surface area contributed by atoms with Gasteiger partial charge >= 0.3 is 0 Å². The first-order valence-corrected chi connectivity index (χ1v) is 12.3. The first kappa shape index (κ1) is 22.0. The van der Waals surface area contributed by atoms with Crippen molar-refractivity contribution in [3.05, 3.63) is 43.6 Å². The number of morpholine rings is 1. The summed E-state index contributed by atoms with van der Waals surface area (Å²) in [5, 5.41) is 0.698. The van der Waals surface area contributed by atoms with E-state index in [2.05, 4.69) is 30.9 Å². The van der Waals surface area contributed by atoms with Crippen LogP contribution in [0.25, 0.3) is 10.2 Å². The van der Waals surface area contributed by atoms with Gasteiger partial charge in [-0.05, 0) is 43.5 Å². The zero-order valence-electron chi connectivity index (χ0n) is 16.9. The van der Waals surface area contributed by atoms with Crippen molar-refractivity contribution in [2.75, 3.05) is 44.3 Å². The number of amides is 1. The Morgan fingerprint density at radius 3 is 2.67 bits per heavy atom. The summed E-state index contributed by atoms with van der Waals surface area (Å²) < 4.78 is 7.43. The van der Waals surface area contributed by atoms with Crippen molar-refractivity contribution < 1.29 is 9.53 Å². The van der Waals surface area contributed by atoms with Crippen molar-refractivity contribution >= 4 is 67.1 Å². The van der Waals surface area contributed by atoms with E-state index in [1.165, 1.54) is 16.9 Å². The van der Waals surface area contributed by atoms with Gasteiger partial charge in [0.05, 0.1) is 33.3 Å². The third-order valence-electron chi connectivity index (χ3n) is 5.14. The summed E-state index contributed by atoms with van der Waals surface area (Å²) in [4.78, 5) is 22.4. The highest BCUT2D eigenvalue weighted by molar-refractivity contribution is 7.22. The van der Waals surface area contributed by atoms with Gasteiger partial charge in [-0.2, -0.15) is 0 Å². The molecule has 5 nitrogen and oxygen atoms in total. The summed E-state index contributed by atoms with van der Waals surface area (Å²) >= 11 is 15.2. The van der Waals surface area contributed by atoms with Gasteiger partial charge in [-0.1, -0.05) is 40.6 Å². The molecule has 0 atom stereocenters. The van der Waals surface area contributed by atoms with Crippen molar-refractivity contribution in [1.82, 2.24) is 9.88 Å². The molecular formula is C21H23Cl2N3O2S2. The summed E-state index contributed by atoms with van der Waals surface area (Å²) in [7, 11) is 0. The van der Waals surface area contributed by atoms with Crippen molar-refractivity contribution in [2.45, 2.75) is 20.3 Å². The van der Waals surface area contributed by atoms with Gasteiger partial charge in [-0.15, -0.1) is 11.3 Å². The molecule has 0 spiro atoms. The topological polar surface area (TPSA) is 45.7 Å². The molecule has 3 heterocycles. The van der Waals surface area contributed by atoms with Gasteiger partial charge in [-0.3, -0.25) is 14.6 Å². The van der Waals surface area contributed by atoms with Crippen LogP contribution in [0.4, 0.5) is 5.13 Å². The molecule has 1 amide bonds. The molecule has 30 heavy (non-hydrogen) atoms. The average molecular weight is 484 g/mol. The lowest BCUT2D eigenvalue weighted by atomic mass is 10.1. The van der Waals surface area contributed by atoms with Crippen molar-refractivity contribution in [2.24, 2.45) is 0 Å². The van der Waals surface area contributed by atoms with Crippen LogP contribution in [-0.4, -0.2) is 55.2 Å². The fraction of sp³-hybridized carbons (Fsp3) is 0.429. The monoisotopic (exact) mass is 483 g/mol. The molecule has 1 fully saturated rings. The summed E-state index contributed by atoms with van der Waals surface area (Å²) in [6.45, 7) is 9.00. The quantitative estimate of drug-likeness (QED) is 0.454. The summed E-state index contributed by atoms with van der Waals surface area (Å²) in [6, 6.07) is 5.88. The molecule has 1 aliphatic heterocycles. The number of carbonyl (C=O) groups is 1. The predicted octanol–water partition coefficient (Wildman–Crippen LogP) is 5.65. The van der Waals surface area contributed by atoms with Gasteiger partial charge in [0.25, 0.3) is 5.91 Å². The number of fused-ring (bicyclic) bond motifs is 1. The molecule has 0 N–H and O–H groups in total. The van der Waals surface area contributed by atoms with Crippen molar-refractivity contribution in [3.8, 4) is 0 Å². The number of rotatable bonds is 6. The molecule has 3 aromatic rings. The molecule has 0 unspecified atom stereocenters. The molecular weight excluding hydrogens is 461 g/mol. The SMILES string of the molecule is Cc1cc(C)c2nc(N(CCCN3CCOCC3)C(=O)c3cc(Cl)sc3Cl)sc2c1. The van der Waals surface area contributed by atoms with Gasteiger partial charge in [0.1, 0.15) is 4.34 Å². The molecule has 1 aliphatic rings. The molecule has 4 rings (SSSR count). The Morgan fingerprint density at radius 1 is 1.20 bits per heavy atom. The molecule has 9 heteroatoms. The van der Waals surface area contributed by atoms with E-state index in [0.717, 1.165) is 55.0 Å². The maximum Gasteiger partial charge on any atom is 0.262 e. The Bertz CT molecular complexity index is 1060. The first-order valence-electron chi connectivity index (χ1n) is 9.87. The zero-order chi connectivity index (χ0) is 21.3. The van der Waals surface area contributed by atoms with E-state index in [1.54, 1.807) is 22.3 Å². The molecule has 2 aromatic heterocycles. The number of halogens is 2. The molecule has 0 bridgehead atoms. The number of aromatic nitrogens is 1. The van der Waals surface area contributed by atoms with Crippen LogP contribution in [0.1, 0.15) is 27.9 Å². The molecule has 0 radical (unpaired) electrons. The number of hydrogen-bond donors (Lipinski definition) is 0. The molecule has 0 aliphatic carbocycles. The number of thiophene rings is 1. The fourth-order valence-corrected chi connectivity index (χ4v) is 6.28. The number of hydrogen-bond acceptors (Lipinski definition) is 6. The third kappa shape index (κ3) is 4.82. The molecule has 160 valence electrons. The maximum atomic E-state index is 13.4. The second-order valence-electron chi connectivity index (χ2n) is 7.43. The van der Waals surface area contributed by atoms with Gasteiger partial charge in [0.15, 0.2) is 5.13 Å². The van der Waals surface area contributed by atoms with E-state index < -0.39 is 0 Å². The van der Waals surface area contributed by atoms with Gasteiger partial charge < -0.3 is 4.74 Å². The smallest absolute Gasteiger partial charge is 0.262 e. The van der Waals surface area contributed by atoms with Gasteiger partial charge in [0.2, 0.25) is 0 Å². The largest absolute Gasteiger partial charge is 0.379 e. The average Bonchev–Trinajstić information content (AvgIpc) is 3.28. The lowest BCUT2D eigenvalue weighted by Gasteiger charge is -2.27. The number of benzene rings is 1. The highest BCUT2D eigenvalue weighted by atomic mass is 35.5. The van der Waals surface area contributed by atoms with Crippen LogP contribution in [0.3, 0.4) is 0 Å². The summed E-state index contributed by atoms with van der Waals surface area (Å²) in [6.07, 6.45) is 0.842. The van der Waals surface area contributed by atoms with Crippen LogP contribution in [0.5, 0.6) is 0 Å².